The molecule has 2 heterocycles. The zero-order valence-corrected chi connectivity index (χ0v) is 15.6. The van der Waals surface area contributed by atoms with Gasteiger partial charge in [-0.2, -0.15) is 0 Å². The van der Waals surface area contributed by atoms with Crippen molar-refractivity contribution in [2.75, 3.05) is 13.8 Å². The van der Waals surface area contributed by atoms with E-state index < -0.39 is 0 Å². The lowest BCUT2D eigenvalue weighted by atomic mass is 10.1. The van der Waals surface area contributed by atoms with Crippen LogP contribution in [0.15, 0.2) is 46.3 Å². The van der Waals surface area contributed by atoms with Gasteiger partial charge in [0.25, 0.3) is 5.91 Å². The molecule has 1 amide bonds. The van der Waals surface area contributed by atoms with Gasteiger partial charge in [-0.15, -0.1) is 0 Å². The molecule has 0 N–H and O–H groups in total. The highest BCUT2D eigenvalue weighted by Gasteiger charge is 2.30. The summed E-state index contributed by atoms with van der Waals surface area (Å²) in [5.74, 6) is 1.39. The van der Waals surface area contributed by atoms with E-state index in [1.165, 1.54) is 17.3 Å². The van der Waals surface area contributed by atoms with Crippen LogP contribution in [0.3, 0.4) is 0 Å². The first-order valence-corrected chi connectivity index (χ1v) is 9.06. The minimum atomic E-state index is -0.0575. The number of nitrogens with zero attached hydrogens (tertiary/aromatic N) is 2. The molecule has 2 aliphatic rings. The van der Waals surface area contributed by atoms with E-state index in [2.05, 4.69) is 4.99 Å². The van der Waals surface area contributed by atoms with Crippen LogP contribution in [0.4, 0.5) is 5.69 Å². The Morgan fingerprint density at radius 3 is 2.54 bits per heavy atom. The van der Waals surface area contributed by atoms with E-state index >= 15 is 0 Å². The van der Waals surface area contributed by atoms with Gasteiger partial charge in [-0.25, -0.2) is 4.99 Å². The summed E-state index contributed by atoms with van der Waals surface area (Å²) in [7, 11) is 1.75. The Kier molecular flexibility index (Phi) is 4.20. The molecule has 4 rings (SSSR count). The van der Waals surface area contributed by atoms with Crippen LogP contribution in [-0.2, 0) is 4.79 Å². The third-order valence-corrected chi connectivity index (χ3v) is 5.37. The molecule has 0 radical (unpaired) electrons. The van der Waals surface area contributed by atoms with Gasteiger partial charge in [-0.1, -0.05) is 17.7 Å². The van der Waals surface area contributed by atoms with Gasteiger partial charge in [0.15, 0.2) is 16.7 Å². The molecule has 1 saturated heterocycles. The Morgan fingerprint density at radius 2 is 1.81 bits per heavy atom. The van der Waals surface area contributed by atoms with Crippen LogP contribution >= 0.6 is 11.8 Å². The largest absolute Gasteiger partial charge is 0.454 e. The number of likely N-dealkylation sites (N-methyl/N-ethyl adjacent to an activating group) is 1. The maximum absolute atomic E-state index is 12.6. The molecule has 0 spiro atoms. The van der Waals surface area contributed by atoms with Crippen LogP contribution in [0.5, 0.6) is 11.5 Å². The second-order valence-corrected chi connectivity index (χ2v) is 7.28. The zero-order valence-electron chi connectivity index (χ0n) is 14.8. The Balaban J connectivity index is 1.65. The summed E-state index contributed by atoms with van der Waals surface area (Å²) in [6.45, 7) is 4.26. The molecule has 5 nitrogen and oxygen atoms in total. The Labute approximate surface area is 156 Å². The molecule has 0 aromatic heterocycles. The quantitative estimate of drug-likeness (QED) is 0.745. The highest BCUT2D eigenvalue weighted by atomic mass is 32.2. The summed E-state index contributed by atoms with van der Waals surface area (Å²) in [4.78, 5) is 19.4. The molecule has 0 bridgehead atoms. The molecule has 0 unspecified atom stereocenters. The van der Waals surface area contributed by atoms with Crippen LogP contribution in [-0.4, -0.2) is 29.8 Å². The van der Waals surface area contributed by atoms with Crippen LogP contribution < -0.4 is 9.47 Å². The molecule has 0 saturated carbocycles. The van der Waals surface area contributed by atoms with Crippen LogP contribution in [0, 0.1) is 13.8 Å². The predicted molar refractivity (Wildman–Crippen MR) is 104 cm³/mol. The number of aliphatic imine (C=N–C) groups is 1. The molecule has 2 aromatic carbocycles. The fourth-order valence-corrected chi connectivity index (χ4v) is 3.72. The topological polar surface area (TPSA) is 51.1 Å². The van der Waals surface area contributed by atoms with Gasteiger partial charge >= 0.3 is 0 Å². The van der Waals surface area contributed by atoms with Gasteiger partial charge in [0.1, 0.15) is 0 Å². The number of carbonyl (C=O) groups is 1. The van der Waals surface area contributed by atoms with E-state index in [1.807, 2.05) is 56.3 Å². The second-order valence-electron chi connectivity index (χ2n) is 6.27. The van der Waals surface area contributed by atoms with Gasteiger partial charge in [-0.3, -0.25) is 9.69 Å². The fraction of sp³-hybridized carbons (Fsp3) is 0.200. The number of benzene rings is 2. The van der Waals surface area contributed by atoms with Crippen molar-refractivity contribution in [2.45, 2.75) is 13.8 Å². The maximum Gasteiger partial charge on any atom is 0.266 e. The third-order valence-electron chi connectivity index (χ3n) is 4.31. The van der Waals surface area contributed by atoms with Gasteiger partial charge in [0, 0.05) is 7.05 Å². The molecule has 132 valence electrons. The predicted octanol–water partition coefficient (Wildman–Crippen LogP) is 4.27. The van der Waals surface area contributed by atoms with E-state index in [0.29, 0.717) is 15.8 Å². The number of fused-ring (bicyclic) bond motifs is 1. The summed E-state index contributed by atoms with van der Waals surface area (Å²) in [5.41, 5.74) is 3.98. The lowest BCUT2D eigenvalue weighted by molar-refractivity contribution is -0.121. The molecular formula is C20H18N2O3S. The van der Waals surface area contributed by atoms with E-state index in [0.717, 1.165) is 22.6 Å². The number of ether oxygens (including phenoxy) is 2. The molecule has 0 atom stereocenters. The Hall–Kier alpha value is -2.73. The minimum absolute atomic E-state index is 0.0575. The summed E-state index contributed by atoms with van der Waals surface area (Å²) in [5, 5.41) is 0.670. The SMILES string of the molecule is Cc1ccc(N=C2S/C(=C/c3cc4c(cc3C)OCO4)C(=O)N2C)cc1. The molecule has 0 aliphatic carbocycles. The third kappa shape index (κ3) is 3.08. The summed E-state index contributed by atoms with van der Waals surface area (Å²) < 4.78 is 10.8. The van der Waals surface area contributed by atoms with Crippen LogP contribution in [0.2, 0.25) is 0 Å². The van der Waals surface area contributed by atoms with E-state index in [9.17, 15) is 4.79 Å². The molecule has 26 heavy (non-hydrogen) atoms. The Bertz CT molecular complexity index is 948. The van der Waals surface area contributed by atoms with Crippen molar-refractivity contribution in [1.29, 1.82) is 0 Å². The highest BCUT2D eigenvalue weighted by molar-refractivity contribution is 8.18. The average molecular weight is 366 g/mol. The lowest BCUT2D eigenvalue weighted by Gasteiger charge is -2.07. The van der Waals surface area contributed by atoms with Gasteiger partial charge in [0.05, 0.1) is 10.6 Å². The zero-order chi connectivity index (χ0) is 18.3. The van der Waals surface area contributed by atoms with Crippen molar-refractivity contribution in [3.8, 4) is 11.5 Å². The first kappa shape index (κ1) is 16.7. The van der Waals surface area contributed by atoms with Crippen molar-refractivity contribution in [2.24, 2.45) is 4.99 Å². The standard InChI is InChI=1S/C20H18N2O3S/c1-12-4-6-15(7-5-12)21-20-22(3)19(23)18(26-20)10-14-9-17-16(8-13(14)2)24-11-25-17/h4-10H,11H2,1-3H3/b18-10+,21-20?. The van der Waals surface area contributed by atoms with Gasteiger partial charge in [-0.05, 0) is 67.1 Å². The van der Waals surface area contributed by atoms with Crippen molar-refractivity contribution in [3.05, 3.63) is 58.0 Å². The highest BCUT2D eigenvalue weighted by Crippen LogP contribution is 2.38. The molecular weight excluding hydrogens is 348 g/mol. The first-order valence-electron chi connectivity index (χ1n) is 8.24. The van der Waals surface area contributed by atoms with E-state index in [-0.39, 0.29) is 12.7 Å². The lowest BCUT2D eigenvalue weighted by Crippen LogP contribution is -2.23. The van der Waals surface area contributed by atoms with Crippen molar-refractivity contribution < 1.29 is 14.3 Å². The first-order chi connectivity index (χ1) is 12.5. The summed E-state index contributed by atoms with van der Waals surface area (Å²) in [6, 6.07) is 11.8. The van der Waals surface area contributed by atoms with Crippen molar-refractivity contribution in [3.63, 3.8) is 0 Å². The van der Waals surface area contributed by atoms with E-state index in [4.69, 9.17) is 9.47 Å². The number of thioether (sulfide) groups is 1. The van der Waals surface area contributed by atoms with Gasteiger partial charge < -0.3 is 9.47 Å². The van der Waals surface area contributed by atoms with Crippen molar-refractivity contribution in [1.82, 2.24) is 4.90 Å². The average Bonchev–Trinajstić information content (AvgIpc) is 3.17. The number of hydrogen-bond donors (Lipinski definition) is 0. The summed E-state index contributed by atoms with van der Waals surface area (Å²) in [6.07, 6.45) is 1.89. The number of amides is 1. The number of amidine groups is 1. The molecule has 2 aliphatic heterocycles. The van der Waals surface area contributed by atoms with Gasteiger partial charge in [0.2, 0.25) is 6.79 Å². The number of rotatable bonds is 2. The van der Waals surface area contributed by atoms with Crippen LogP contribution in [0.25, 0.3) is 6.08 Å². The number of carbonyl (C=O) groups excluding carboxylic acids is 1. The second kappa shape index (κ2) is 6.53. The summed E-state index contributed by atoms with van der Waals surface area (Å²) >= 11 is 1.38. The normalized spacial score (nSPS) is 19.0. The number of aryl methyl sites for hydroxylation is 2. The molecule has 2 aromatic rings. The minimum Gasteiger partial charge on any atom is -0.454 e. The van der Waals surface area contributed by atoms with E-state index in [1.54, 1.807) is 11.9 Å². The molecule has 1 fully saturated rings. The Morgan fingerprint density at radius 1 is 1.12 bits per heavy atom. The fourth-order valence-electron chi connectivity index (χ4n) is 2.74. The number of hydrogen-bond acceptors (Lipinski definition) is 5. The maximum atomic E-state index is 12.6. The smallest absolute Gasteiger partial charge is 0.266 e. The van der Waals surface area contributed by atoms with Crippen molar-refractivity contribution >= 4 is 34.6 Å². The molecule has 6 heteroatoms. The monoisotopic (exact) mass is 366 g/mol. The van der Waals surface area contributed by atoms with Crippen LogP contribution in [0.1, 0.15) is 16.7 Å².